The molecule has 2 fully saturated rings. The van der Waals surface area contributed by atoms with Crippen molar-refractivity contribution in [3.63, 3.8) is 0 Å². The van der Waals surface area contributed by atoms with Crippen molar-refractivity contribution in [3.8, 4) is 0 Å². The van der Waals surface area contributed by atoms with Gasteiger partial charge in [0.2, 0.25) is 0 Å². The van der Waals surface area contributed by atoms with Crippen molar-refractivity contribution in [2.75, 3.05) is 0 Å². The number of rotatable bonds is 4. The second-order valence-corrected chi connectivity index (χ2v) is 7.26. The molecular weight excluding hydrogens is 310 g/mol. The van der Waals surface area contributed by atoms with Gasteiger partial charge < -0.3 is 4.90 Å². The van der Waals surface area contributed by atoms with Gasteiger partial charge in [0, 0.05) is 24.5 Å². The van der Waals surface area contributed by atoms with Crippen molar-refractivity contribution in [3.05, 3.63) is 29.0 Å². The Labute approximate surface area is 139 Å². The second kappa shape index (κ2) is 6.03. The van der Waals surface area contributed by atoms with E-state index in [0.717, 1.165) is 49.1 Å². The number of amides is 1. The molecule has 1 amide bonds. The molecule has 2 atom stereocenters. The zero-order valence-electron chi connectivity index (χ0n) is 13.3. The molecule has 122 valence electrons. The van der Waals surface area contributed by atoms with Crippen LogP contribution in [0.4, 0.5) is 0 Å². The molecule has 0 N–H and O–H groups in total. The third kappa shape index (κ3) is 2.56. The summed E-state index contributed by atoms with van der Waals surface area (Å²) in [5.74, 6) is 0.148. The van der Waals surface area contributed by atoms with Gasteiger partial charge in [0.1, 0.15) is 4.88 Å². The largest absolute Gasteiger partial charge is 0.332 e. The molecular formula is C16H21N5OS. The number of carbonyl (C=O) groups excluding carboxylic acids is 1. The number of aromatic nitrogens is 4. The third-order valence-corrected chi connectivity index (χ3v) is 5.83. The first-order valence-electron chi connectivity index (χ1n) is 8.41. The fraction of sp³-hybridized carbons (Fsp3) is 0.625. The van der Waals surface area contributed by atoms with Crippen LogP contribution >= 0.6 is 11.5 Å². The first-order chi connectivity index (χ1) is 11.3. The molecule has 2 aromatic heterocycles. The summed E-state index contributed by atoms with van der Waals surface area (Å²) >= 11 is 1.25. The highest BCUT2D eigenvalue weighted by atomic mass is 32.1. The predicted octanol–water partition coefficient (Wildman–Crippen LogP) is 2.70. The lowest BCUT2D eigenvalue weighted by atomic mass is 9.97. The lowest BCUT2D eigenvalue weighted by Crippen LogP contribution is -2.47. The van der Waals surface area contributed by atoms with Crippen LogP contribution in [0, 0.1) is 0 Å². The minimum atomic E-state index is 0.148. The Morgan fingerprint density at radius 2 is 2.09 bits per heavy atom. The average molecular weight is 331 g/mol. The molecule has 7 heteroatoms. The van der Waals surface area contributed by atoms with E-state index in [0.29, 0.717) is 18.1 Å². The van der Waals surface area contributed by atoms with E-state index in [4.69, 9.17) is 0 Å². The fourth-order valence-corrected chi connectivity index (χ4v) is 4.73. The fourth-order valence-electron chi connectivity index (χ4n) is 4.08. The summed E-state index contributed by atoms with van der Waals surface area (Å²) in [6.45, 7) is 2.10. The number of piperidine rings is 1. The van der Waals surface area contributed by atoms with Crippen LogP contribution in [0.3, 0.4) is 0 Å². The monoisotopic (exact) mass is 331 g/mol. The Bertz CT molecular complexity index is 668. The maximum atomic E-state index is 13.0. The number of aryl methyl sites for hydroxylation is 1. The topological polar surface area (TPSA) is 63.9 Å². The quantitative estimate of drug-likeness (QED) is 0.864. The Morgan fingerprint density at radius 1 is 1.30 bits per heavy atom. The minimum Gasteiger partial charge on any atom is -0.332 e. The van der Waals surface area contributed by atoms with Gasteiger partial charge in [0.15, 0.2) is 0 Å². The molecule has 4 rings (SSSR count). The average Bonchev–Trinajstić information content (AvgIpc) is 3.27. The van der Waals surface area contributed by atoms with Crippen molar-refractivity contribution < 1.29 is 4.79 Å². The molecule has 0 radical (unpaired) electrons. The van der Waals surface area contributed by atoms with E-state index in [9.17, 15) is 4.79 Å². The molecule has 2 aliphatic heterocycles. The molecule has 6 nitrogen and oxygen atoms in total. The lowest BCUT2D eigenvalue weighted by Gasteiger charge is -2.38. The van der Waals surface area contributed by atoms with Gasteiger partial charge in [0.05, 0.1) is 11.7 Å². The number of nitrogens with zero attached hydrogens (tertiary/aromatic N) is 5. The highest BCUT2D eigenvalue weighted by Gasteiger charge is 2.44. The number of fused-ring (bicyclic) bond motifs is 2. The summed E-state index contributed by atoms with van der Waals surface area (Å²) in [6, 6.07) is 3.04. The van der Waals surface area contributed by atoms with E-state index < -0.39 is 0 Å². The molecule has 2 saturated heterocycles. The van der Waals surface area contributed by atoms with Crippen LogP contribution in [0.2, 0.25) is 0 Å². The van der Waals surface area contributed by atoms with Gasteiger partial charge in [-0.05, 0) is 49.7 Å². The van der Waals surface area contributed by atoms with Crippen LogP contribution in [0.1, 0.15) is 60.4 Å². The van der Waals surface area contributed by atoms with E-state index in [-0.39, 0.29) is 5.91 Å². The maximum absolute atomic E-state index is 13.0. The molecule has 0 aliphatic carbocycles. The van der Waals surface area contributed by atoms with Gasteiger partial charge in [-0.25, -0.2) is 0 Å². The Hall–Kier alpha value is -1.76. The number of hydrogen-bond acceptors (Lipinski definition) is 5. The number of hydrogen-bond donors (Lipinski definition) is 0. The summed E-state index contributed by atoms with van der Waals surface area (Å²) < 4.78 is 6.07. The third-order valence-electron chi connectivity index (χ3n) is 5.08. The highest BCUT2D eigenvalue weighted by Crippen LogP contribution is 2.41. The van der Waals surface area contributed by atoms with E-state index >= 15 is 0 Å². The minimum absolute atomic E-state index is 0.148. The molecule has 2 aliphatic rings. The normalized spacial score (nSPS) is 26.7. The Kier molecular flexibility index (Phi) is 3.88. The first kappa shape index (κ1) is 14.8. The van der Waals surface area contributed by atoms with E-state index in [1.807, 2.05) is 18.5 Å². The van der Waals surface area contributed by atoms with Crippen molar-refractivity contribution >= 4 is 17.4 Å². The Morgan fingerprint density at radius 3 is 2.74 bits per heavy atom. The zero-order valence-corrected chi connectivity index (χ0v) is 14.1. The predicted molar refractivity (Wildman–Crippen MR) is 87.4 cm³/mol. The van der Waals surface area contributed by atoms with Crippen LogP contribution in [0.5, 0.6) is 0 Å². The van der Waals surface area contributed by atoms with Gasteiger partial charge in [-0.2, -0.15) is 5.10 Å². The summed E-state index contributed by atoms with van der Waals surface area (Å²) in [5.41, 5.74) is 0.871. The molecule has 0 spiro atoms. The molecule has 4 heterocycles. The van der Waals surface area contributed by atoms with Crippen molar-refractivity contribution in [2.45, 2.75) is 63.6 Å². The SMILES string of the molecule is CCCc1nnsc1C(=O)N1C2CCC1CC(n1cccn1)C2. The van der Waals surface area contributed by atoms with Crippen LogP contribution < -0.4 is 0 Å². The van der Waals surface area contributed by atoms with Crippen LogP contribution in [-0.2, 0) is 6.42 Å². The van der Waals surface area contributed by atoms with Gasteiger partial charge in [-0.3, -0.25) is 9.48 Å². The van der Waals surface area contributed by atoms with Gasteiger partial charge in [0.25, 0.3) is 5.91 Å². The second-order valence-electron chi connectivity index (χ2n) is 6.51. The summed E-state index contributed by atoms with van der Waals surface area (Å²) in [4.78, 5) is 15.9. The van der Waals surface area contributed by atoms with Crippen molar-refractivity contribution in [1.29, 1.82) is 0 Å². The molecule has 2 unspecified atom stereocenters. The van der Waals surface area contributed by atoms with Crippen molar-refractivity contribution in [2.24, 2.45) is 0 Å². The van der Waals surface area contributed by atoms with E-state index in [1.54, 1.807) is 0 Å². The molecule has 0 aromatic carbocycles. The van der Waals surface area contributed by atoms with E-state index in [2.05, 4.69) is 31.2 Å². The van der Waals surface area contributed by atoms with Crippen LogP contribution in [0.15, 0.2) is 18.5 Å². The smallest absolute Gasteiger partial charge is 0.268 e. The van der Waals surface area contributed by atoms with Gasteiger partial charge in [-0.1, -0.05) is 17.8 Å². The summed E-state index contributed by atoms with van der Waals surface area (Å²) in [6.07, 6.45) is 9.88. The summed E-state index contributed by atoms with van der Waals surface area (Å²) in [5, 5.41) is 8.54. The molecule has 2 bridgehead atoms. The van der Waals surface area contributed by atoms with Crippen molar-refractivity contribution in [1.82, 2.24) is 24.3 Å². The molecule has 23 heavy (non-hydrogen) atoms. The zero-order chi connectivity index (χ0) is 15.8. The van der Waals surface area contributed by atoms with Gasteiger partial charge >= 0.3 is 0 Å². The molecule has 2 aromatic rings. The lowest BCUT2D eigenvalue weighted by molar-refractivity contribution is 0.0528. The van der Waals surface area contributed by atoms with E-state index in [1.165, 1.54) is 11.5 Å². The first-order valence-corrected chi connectivity index (χ1v) is 9.18. The molecule has 0 saturated carbocycles. The Balaban J connectivity index is 1.54. The van der Waals surface area contributed by atoms with Crippen LogP contribution in [0.25, 0.3) is 0 Å². The maximum Gasteiger partial charge on any atom is 0.268 e. The number of carbonyl (C=O) groups is 1. The summed E-state index contributed by atoms with van der Waals surface area (Å²) in [7, 11) is 0. The van der Waals surface area contributed by atoms with Crippen LogP contribution in [-0.4, -0.2) is 42.3 Å². The van der Waals surface area contributed by atoms with Gasteiger partial charge in [-0.15, -0.1) is 5.10 Å². The standard InChI is InChI=1S/C16H21N5OS/c1-2-4-14-15(23-19-18-14)16(22)21-11-5-6-12(21)10-13(9-11)20-8-3-7-17-20/h3,7-8,11-13H,2,4-6,9-10H2,1H3. The highest BCUT2D eigenvalue weighted by molar-refractivity contribution is 7.08.